The number of thiocarbonyl (C=S) groups is 1. The number of halogens is 2. The lowest BCUT2D eigenvalue weighted by Gasteiger charge is -2.08. The summed E-state index contributed by atoms with van der Waals surface area (Å²) in [6, 6.07) is 11.6. The van der Waals surface area contributed by atoms with E-state index < -0.39 is 5.97 Å². The first-order valence-electron chi connectivity index (χ1n) is 8.95. The predicted octanol–water partition coefficient (Wildman–Crippen LogP) is 4.93. The fourth-order valence-corrected chi connectivity index (χ4v) is 4.51. The van der Waals surface area contributed by atoms with Crippen LogP contribution in [-0.4, -0.2) is 33.0 Å². The Bertz CT molecular complexity index is 1270. The number of carbonyl (C=O) groups is 1. The van der Waals surface area contributed by atoms with Gasteiger partial charge in [-0.3, -0.25) is 5.32 Å². The van der Waals surface area contributed by atoms with E-state index in [2.05, 4.69) is 20.7 Å². The maximum Gasteiger partial charge on any atom is 0.349 e. The average molecular weight is 476 g/mol. The summed E-state index contributed by atoms with van der Waals surface area (Å²) >= 11 is 12.9. The molecule has 0 saturated carbocycles. The number of methoxy groups -OCH3 is 1. The number of carbonyl (C=O) groups excluding carboxylic acids is 1. The lowest BCUT2D eigenvalue weighted by Crippen LogP contribution is -2.20. The smallest absolute Gasteiger partial charge is 0.349 e. The van der Waals surface area contributed by atoms with Crippen molar-refractivity contribution in [2.24, 2.45) is 0 Å². The van der Waals surface area contributed by atoms with Crippen LogP contribution in [0.3, 0.4) is 0 Å². The van der Waals surface area contributed by atoms with Crippen LogP contribution in [0, 0.1) is 5.82 Å². The Morgan fingerprint density at radius 2 is 2.03 bits per heavy atom. The highest BCUT2D eigenvalue weighted by atomic mass is 35.5. The molecule has 0 spiro atoms. The summed E-state index contributed by atoms with van der Waals surface area (Å²) in [4.78, 5) is 16.4. The molecule has 0 fully saturated rings. The first-order valence-corrected chi connectivity index (χ1v) is 10.6. The number of nitrogens with zero attached hydrogens (tertiary/aromatic N) is 3. The van der Waals surface area contributed by atoms with Crippen molar-refractivity contribution in [1.82, 2.24) is 14.8 Å². The van der Waals surface area contributed by atoms with Crippen molar-refractivity contribution in [3.63, 3.8) is 0 Å². The van der Waals surface area contributed by atoms with Crippen LogP contribution in [0.15, 0.2) is 48.8 Å². The number of fused-ring (bicyclic) bond motifs is 1. The van der Waals surface area contributed by atoms with Crippen LogP contribution in [-0.2, 0) is 11.3 Å². The van der Waals surface area contributed by atoms with E-state index in [-0.39, 0.29) is 5.82 Å². The number of ether oxygens (including phenoxy) is 1. The van der Waals surface area contributed by atoms with Crippen molar-refractivity contribution >= 4 is 68.0 Å². The lowest BCUT2D eigenvalue weighted by atomic mass is 10.2. The zero-order chi connectivity index (χ0) is 22.0. The molecule has 31 heavy (non-hydrogen) atoms. The highest BCUT2D eigenvalue weighted by Crippen LogP contribution is 2.37. The van der Waals surface area contributed by atoms with Gasteiger partial charge >= 0.3 is 5.97 Å². The van der Waals surface area contributed by atoms with Gasteiger partial charge in [-0.1, -0.05) is 23.7 Å². The van der Waals surface area contributed by atoms with Crippen LogP contribution in [0.5, 0.6) is 0 Å². The normalized spacial score (nSPS) is 10.8. The highest BCUT2D eigenvalue weighted by molar-refractivity contribution is 7.80. The predicted molar refractivity (Wildman–Crippen MR) is 124 cm³/mol. The third-order valence-electron chi connectivity index (χ3n) is 4.28. The van der Waals surface area contributed by atoms with Gasteiger partial charge in [0.05, 0.1) is 18.7 Å². The quantitative estimate of drug-likeness (QED) is 0.313. The summed E-state index contributed by atoms with van der Waals surface area (Å²) in [6.45, 7) is 0.452. The third kappa shape index (κ3) is 4.82. The fraction of sp³-hybridized carbons (Fsp3) is 0.100. The molecule has 0 unspecified atom stereocenters. The molecule has 0 amide bonds. The molecule has 2 N–H and O–H groups in total. The van der Waals surface area contributed by atoms with Crippen molar-refractivity contribution in [1.29, 1.82) is 0 Å². The van der Waals surface area contributed by atoms with Crippen LogP contribution in [0.2, 0.25) is 5.02 Å². The van der Waals surface area contributed by atoms with E-state index in [0.29, 0.717) is 33.2 Å². The van der Waals surface area contributed by atoms with Gasteiger partial charge in [0.2, 0.25) is 5.95 Å². The van der Waals surface area contributed by atoms with Crippen LogP contribution >= 0.6 is 35.2 Å². The molecule has 0 bridgehead atoms. The van der Waals surface area contributed by atoms with Crippen LogP contribution in [0.4, 0.5) is 16.0 Å². The number of nitrogens with one attached hydrogen (secondary N) is 2. The van der Waals surface area contributed by atoms with Crippen LogP contribution in [0.1, 0.15) is 15.2 Å². The molecule has 7 nitrogen and oxygen atoms in total. The second kappa shape index (κ2) is 8.96. The van der Waals surface area contributed by atoms with Gasteiger partial charge in [-0.15, -0.1) is 16.4 Å². The second-order valence-electron chi connectivity index (χ2n) is 6.42. The molecule has 158 valence electrons. The maximum atomic E-state index is 13.0. The number of thiophene rings is 1. The summed E-state index contributed by atoms with van der Waals surface area (Å²) in [5, 5.41) is 11.7. The summed E-state index contributed by atoms with van der Waals surface area (Å²) in [5.74, 6) is -0.432. The Hall–Kier alpha value is -3.08. The Kier molecular flexibility index (Phi) is 6.12. The largest absolute Gasteiger partial charge is 0.465 e. The topological polar surface area (TPSA) is 81.1 Å². The van der Waals surface area contributed by atoms with Gasteiger partial charge in [0.15, 0.2) is 5.11 Å². The van der Waals surface area contributed by atoms with Crippen LogP contribution < -0.4 is 10.6 Å². The van der Waals surface area contributed by atoms with E-state index in [1.807, 2.05) is 6.07 Å². The maximum absolute atomic E-state index is 13.0. The summed E-state index contributed by atoms with van der Waals surface area (Å²) < 4.78 is 20.2. The lowest BCUT2D eigenvalue weighted by molar-refractivity contribution is 0.0606. The molecule has 2 aromatic carbocycles. The van der Waals surface area contributed by atoms with Gasteiger partial charge in [-0.05, 0) is 48.1 Å². The molecule has 0 aliphatic heterocycles. The third-order valence-corrected chi connectivity index (χ3v) is 6.12. The number of esters is 1. The summed E-state index contributed by atoms with van der Waals surface area (Å²) in [5.41, 5.74) is 1.61. The molecule has 4 rings (SSSR count). The van der Waals surface area contributed by atoms with E-state index in [1.165, 1.54) is 30.6 Å². The van der Waals surface area contributed by atoms with Gasteiger partial charge in [0, 0.05) is 15.8 Å². The van der Waals surface area contributed by atoms with Gasteiger partial charge in [0.25, 0.3) is 0 Å². The number of anilines is 2. The second-order valence-corrected chi connectivity index (χ2v) is 8.26. The first-order chi connectivity index (χ1) is 14.9. The van der Waals surface area contributed by atoms with E-state index in [0.717, 1.165) is 15.6 Å². The van der Waals surface area contributed by atoms with Crippen molar-refractivity contribution < 1.29 is 13.9 Å². The highest BCUT2D eigenvalue weighted by Gasteiger charge is 2.18. The molecule has 2 aromatic heterocycles. The van der Waals surface area contributed by atoms with Gasteiger partial charge < -0.3 is 10.1 Å². The fourth-order valence-electron chi connectivity index (χ4n) is 2.84. The molecule has 4 aromatic rings. The number of benzene rings is 2. The minimum atomic E-state index is -0.472. The number of aromatic nitrogens is 3. The Labute approximate surface area is 190 Å². The van der Waals surface area contributed by atoms with Crippen molar-refractivity contribution in [3.05, 3.63) is 70.1 Å². The molecule has 0 aliphatic carbocycles. The van der Waals surface area contributed by atoms with E-state index in [9.17, 15) is 9.18 Å². The molecule has 0 atom stereocenters. The number of rotatable bonds is 5. The molecule has 0 radical (unpaired) electrons. The van der Waals surface area contributed by atoms with Gasteiger partial charge in [-0.25, -0.2) is 18.9 Å². The number of hydrogen-bond donors (Lipinski definition) is 2. The van der Waals surface area contributed by atoms with Crippen molar-refractivity contribution in [2.45, 2.75) is 6.54 Å². The summed E-state index contributed by atoms with van der Waals surface area (Å²) in [6.07, 6.45) is 1.56. The van der Waals surface area contributed by atoms with E-state index in [4.69, 9.17) is 28.6 Å². The van der Waals surface area contributed by atoms with Crippen molar-refractivity contribution in [3.8, 4) is 0 Å². The monoisotopic (exact) mass is 475 g/mol. The van der Waals surface area contributed by atoms with Crippen molar-refractivity contribution in [2.75, 3.05) is 17.7 Å². The van der Waals surface area contributed by atoms with Gasteiger partial charge in [-0.2, -0.15) is 0 Å². The minimum absolute atomic E-state index is 0.286. The Morgan fingerprint density at radius 1 is 1.26 bits per heavy atom. The van der Waals surface area contributed by atoms with Crippen LogP contribution in [0.25, 0.3) is 10.1 Å². The van der Waals surface area contributed by atoms with Gasteiger partial charge in [0.1, 0.15) is 17.0 Å². The molecule has 0 aliphatic rings. The minimum Gasteiger partial charge on any atom is -0.465 e. The summed E-state index contributed by atoms with van der Waals surface area (Å²) in [7, 11) is 1.31. The molecule has 0 saturated heterocycles. The number of hydrogen-bond acceptors (Lipinski definition) is 6. The Balaban J connectivity index is 1.41. The average Bonchev–Trinajstić information content (AvgIpc) is 3.32. The van der Waals surface area contributed by atoms with E-state index >= 15 is 0 Å². The standard InChI is InChI=1S/C20H15ClFN5O2S2/c1-29-18(28)17-16(21)14-7-6-13(8-15(14)31-17)24-20(30)25-19-23-10-27(26-19)9-11-2-4-12(22)5-3-11/h2-8,10H,9H2,1H3,(H2,24,25,26,30). The Morgan fingerprint density at radius 3 is 2.77 bits per heavy atom. The zero-order valence-electron chi connectivity index (χ0n) is 16.1. The molecular formula is C20H15ClFN5O2S2. The van der Waals surface area contributed by atoms with E-state index in [1.54, 1.807) is 35.3 Å². The zero-order valence-corrected chi connectivity index (χ0v) is 18.4. The SMILES string of the molecule is COC(=O)c1sc2cc(NC(=S)Nc3ncn(Cc4ccc(F)cc4)n3)ccc2c1Cl. The molecule has 11 heteroatoms. The first kappa shape index (κ1) is 21.2. The molecular weight excluding hydrogens is 461 g/mol. The molecule has 2 heterocycles.